The number of unbranched alkanes of at least 4 members (excludes halogenated alkanes) is 27. The monoisotopic (exact) mass is 788 g/mol. The van der Waals surface area contributed by atoms with Gasteiger partial charge < -0.3 is 27.9 Å². The first-order valence-electron chi connectivity index (χ1n) is 22.9. The van der Waals surface area contributed by atoms with Crippen LogP contribution in [0.3, 0.4) is 0 Å². The molecule has 0 saturated carbocycles. The van der Waals surface area contributed by atoms with Gasteiger partial charge >= 0.3 is 5.97 Å². The van der Waals surface area contributed by atoms with Gasteiger partial charge in [0.2, 0.25) is 0 Å². The Morgan fingerprint density at radius 2 is 0.963 bits per heavy atom. The molecule has 0 N–H and O–H groups in total. The van der Waals surface area contributed by atoms with E-state index in [1.54, 1.807) is 0 Å². The number of carbonyl (C=O) groups excluding carboxylic acids is 1. The molecule has 0 rings (SSSR count). The molecule has 0 aliphatic rings. The van der Waals surface area contributed by atoms with Crippen LogP contribution in [0.5, 0.6) is 0 Å². The summed E-state index contributed by atoms with van der Waals surface area (Å²) in [6, 6.07) is 0. The van der Waals surface area contributed by atoms with E-state index in [9.17, 15) is 14.3 Å². The van der Waals surface area contributed by atoms with Crippen LogP contribution in [0.15, 0.2) is 12.2 Å². The van der Waals surface area contributed by atoms with Gasteiger partial charge in [0.15, 0.2) is 0 Å². The number of carbonyl (C=O) groups is 1. The van der Waals surface area contributed by atoms with Gasteiger partial charge in [-0.1, -0.05) is 180 Å². The average molecular weight is 788 g/mol. The molecular formula is C45H90NO7P. The third kappa shape index (κ3) is 42.4. The number of allylic oxidation sites excluding steroid dienone is 2. The molecule has 0 amide bonds. The van der Waals surface area contributed by atoms with Crippen LogP contribution in [0.4, 0.5) is 0 Å². The second-order valence-corrected chi connectivity index (χ2v) is 18.2. The second-order valence-electron chi connectivity index (χ2n) is 16.8. The van der Waals surface area contributed by atoms with Crippen molar-refractivity contribution in [3.63, 3.8) is 0 Å². The zero-order valence-corrected chi connectivity index (χ0v) is 37.3. The molecule has 8 nitrogen and oxygen atoms in total. The van der Waals surface area contributed by atoms with E-state index in [0.29, 0.717) is 24.1 Å². The van der Waals surface area contributed by atoms with Crippen molar-refractivity contribution in [2.24, 2.45) is 0 Å². The van der Waals surface area contributed by atoms with Gasteiger partial charge in [-0.05, 0) is 38.5 Å². The highest BCUT2D eigenvalue weighted by atomic mass is 31.2. The quantitative estimate of drug-likeness (QED) is 0.0200. The highest BCUT2D eigenvalue weighted by Gasteiger charge is 2.20. The predicted molar refractivity (Wildman–Crippen MR) is 227 cm³/mol. The average Bonchev–Trinajstić information content (AvgIpc) is 3.12. The van der Waals surface area contributed by atoms with Crippen LogP contribution in [0.1, 0.15) is 213 Å². The topological polar surface area (TPSA) is 94.1 Å². The summed E-state index contributed by atoms with van der Waals surface area (Å²) >= 11 is 0. The third-order valence-corrected chi connectivity index (χ3v) is 11.0. The molecule has 0 saturated heterocycles. The lowest BCUT2D eigenvalue weighted by molar-refractivity contribution is -0.870. The predicted octanol–water partition coefficient (Wildman–Crippen LogP) is 12.8. The lowest BCUT2D eigenvalue weighted by Gasteiger charge is -2.28. The lowest BCUT2D eigenvalue weighted by atomic mass is 10.0. The highest BCUT2D eigenvalue weighted by Crippen LogP contribution is 2.38. The van der Waals surface area contributed by atoms with Crippen LogP contribution in [0.2, 0.25) is 0 Å². The van der Waals surface area contributed by atoms with E-state index in [-0.39, 0.29) is 25.8 Å². The molecule has 0 fully saturated rings. The molecule has 9 heteroatoms. The van der Waals surface area contributed by atoms with Crippen molar-refractivity contribution in [2.45, 2.75) is 219 Å². The van der Waals surface area contributed by atoms with Crippen molar-refractivity contribution in [1.29, 1.82) is 0 Å². The molecular weight excluding hydrogens is 697 g/mol. The maximum atomic E-state index is 12.7. The fraction of sp³-hybridized carbons (Fsp3) is 0.933. The molecule has 0 aromatic rings. The molecule has 2 unspecified atom stereocenters. The largest absolute Gasteiger partial charge is 0.756 e. The van der Waals surface area contributed by atoms with E-state index in [2.05, 4.69) is 26.0 Å². The minimum absolute atomic E-state index is 0.0282. The maximum absolute atomic E-state index is 12.7. The zero-order valence-electron chi connectivity index (χ0n) is 36.4. The van der Waals surface area contributed by atoms with Crippen molar-refractivity contribution in [2.75, 3.05) is 54.1 Å². The molecule has 0 aliphatic heterocycles. The Kier molecular flexibility index (Phi) is 38.5. The van der Waals surface area contributed by atoms with E-state index in [4.69, 9.17) is 18.5 Å². The maximum Gasteiger partial charge on any atom is 0.306 e. The van der Waals surface area contributed by atoms with Crippen molar-refractivity contribution >= 4 is 13.8 Å². The van der Waals surface area contributed by atoms with E-state index in [1.807, 2.05) is 21.1 Å². The summed E-state index contributed by atoms with van der Waals surface area (Å²) in [5.41, 5.74) is 0. The van der Waals surface area contributed by atoms with Crippen LogP contribution in [0.25, 0.3) is 0 Å². The van der Waals surface area contributed by atoms with E-state index >= 15 is 0 Å². The number of nitrogens with zero attached hydrogens (tertiary/aromatic N) is 1. The fourth-order valence-electron chi connectivity index (χ4n) is 6.48. The van der Waals surface area contributed by atoms with Crippen LogP contribution < -0.4 is 4.89 Å². The highest BCUT2D eigenvalue weighted by molar-refractivity contribution is 7.45. The van der Waals surface area contributed by atoms with Crippen molar-refractivity contribution < 1.29 is 37.3 Å². The fourth-order valence-corrected chi connectivity index (χ4v) is 7.21. The Bertz CT molecular complexity index is 879. The summed E-state index contributed by atoms with van der Waals surface area (Å²) in [7, 11) is 1.36. The first-order chi connectivity index (χ1) is 26.1. The number of quaternary nitrogens is 1. The summed E-state index contributed by atoms with van der Waals surface area (Å²) < 4.78 is 34.6. The van der Waals surface area contributed by atoms with Gasteiger partial charge in [-0.25, -0.2) is 0 Å². The van der Waals surface area contributed by atoms with Gasteiger partial charge in [0.1, 0.15) is 19.3 Å². The molecule has 0 heterocycles. The third-order valence-electron chi connectivity index (χ3n) is 10.1. The smallest absolute Gasteiger partial charge is 0.306 e. The number of likely N-dealkylation sites (N-methyl/N-ethyl adjacent to an activating group) is 1. The van der Waals surface area contributed by atoms with Crippen LogP contribution >= 0.6 is 7.82 Å². The SMILES string of the molecule is CCCCC/C=C\CCCCCCCCOCC(COP(=O)([O-])OCC[N+](C)(C)C)OC(=O)CCCCCCCCCCCCCCCCCCCCC. The van der Waals surface area contributed by atoms with Gasteiger partial charge in [0.05, 0.1) is 34.4 Å². The van der Waals surface area contributed by atoms with Crippen LogP contribution in [-0.4, -0.2) is 70.7 Å². The zero-order chi connectivity index (χ0) is 39.9. The first kappa shape index (κ1) is 53.2. The summed E-state index contributed by atoms with van der Waals surface area (Å²) in [5.74, 6) is -0.332. The van der Waals surface area contributed by atoms with Crippen molar-refractivity contribution in [1.82, 2.24) is 0 Å². The Hall–Kier alpha value is -0.760. The number of hydrogen-bond donors (Lipinski definition) is 0. The standard InChI is InChI=1S/C45H90NO7P/c1-6-8-10-12-14-16-18-20-21-22-23-24-25-26-28-30-32-34-36-38-45(47)53-44(43-52-54(48,49)51-41-39-46(3,4)5)42-50-40-37-35-33-31-29-27-19-17-15-13-11-9-7-2/h15,17,44H,6-14,16,18-43H2,1-5H3/b17-15-. The Balaban J connectivity index is 4.15. The van der Waals surface area contributed by atoms with Crippen molar-refractivity contribution in [3.05, 3.63) is 12.2 Å². The molecule has 0 radical (unpaired) electrons. The Labute approximate surface area is 335 Å². The van der Waals surface area contributed by atoms with Crippen molar-refractivity contribution in [3.8, 4) is 0 Å². The molecule has 2 atom stereocenters. The first-order valence-corrected chi connectivity index (χ1v) is 24.4. The summed E-state index contributed by atoms with van der Waals surface area (Å²) in [5, 5.41) is 0. The van der Waals surface area contributed by atoms with E-state index in [0.717, 1.165) is 32.1 Å². The Morgan fingerprint density at radius 1 is 0.556 bits per heavy atom. The molecule has 0 aromatic heterocycles. The summed E-state index contributed by atoms with van der Waals surface area (Å²) in [4.78, 5) is 25.1. The van der Waals surface area contributed by atoms with Crippen LogP contribution in [-0.2, 0) is 27.9 Å². The molecule has 54 heavy (non-hydrogen) atoms. The van der Waals surface area contributed by atoms with Gasteiger partial charge in [-0.2, -0.15) is 0 Å². The number of esters is 1. The number of phosphoric ester groups is 1. The summed E-state index contributed by atoms with van der Waals surface area (Å²) in [6.07, 6.45) is 42.2. The van der Waals surface area contributed by atoms with Gasteiger partial charge in [-0.3, -0.25) is 9.36 Å². The molecule has 0 aromatic carbocycles. The molecule has 0 aliphatic carbocycles. The minimum Gasteiger partial charge on any atom is -0.756 e. The number of ether oxygens (including phenoxy) is 2. The lowest BCUT2D eigenvalue weighted by Crippen LogP contribution is -2.37. The number of hydrogen-bond acceptors (Lipinski definition) is 7. The summed E-state index contributed by atoms with van der Waals surface area (Å²) in [6.45, 7) is 5.42. The number of phosphoric acid groups is 1. The van der Waals surface area contributed by atoms with Gasteiger partial charge in [0.25, 0.3) is 7.82 Å². The normalized spacial score (nSPS) is 13.8. The molecule has 0 spiro atoms. The molecule has 322 valence electrons. The van der Waals surface area contributed by atoms with Gasteiger partial charge in [0, 0.05) is 13.0 Å². The second kappa shape index (κ2) is 39.1. The van der Waals surface area contributed by atoms with Gasteiger partial charge in [-0.15, -0.1) is 0 Å². The Morgan fingerprint density at radius 3 is 1.44 bits per heavy atom. The van der Waals surface area contributed by atoms with E-state index < -0.39 is 13.9 Å². The van der Waals surface area contributed by atoms with E-state index in [1.165, 1.54) is 161 Å². The number of rotatable bonds is 43. The van der Waals surface area contributed by atoms with Crippen LogP contribution in [0, 0.1) is 0 Å². The molecule has 0 bridgehead atoms. The minimum atomic E-state index is -4.52.